The first-order valence-corrected chi connectivity index (χ1v) is 11.9. The quantitative estimate of drug-likeness (QED) is 0.562. The molecule has 0 aromatic heterocycles. The zero-order valence-electron chi connectivity index (χ0n) is 19.0. The topological polar surface area (TPSA) is 91.0 Å². The highest BCUT2D eigenvalue weighted by Gasteiger charge is 2.35. The number of carbonyl (C=O) groups excluding carboxylic acids is 3. The number of anilines is 2. The van der Waals surface area contributed by atoms with Gasteiger partial charge in [0.25, 0.3) is 5.91 Å². The summed E-state index contributed by atoms with van der Waals surface area (Å²) in [6, 6.07) is 13.9. The molecule has 2 aliphatic rings. The van der Waals surface area contributed by atoms with Crippen molar-refractivity contribution in [2.75, 3.05) is 56.2 Å². The van der Waals surface area contributed by atoms with Gasteiger partial charge in [-0.1, -0.05) is 29.8 Å². The molecular weight excluding hydrogens is 456 g/mol. The molecule has 2 aromatic rings. The van der Waals surface area contributed by atoms with Crippen LogP contribution in [0.5, 0.6) is 0 Å². The molecule has 0 unspecified atom stereocenters. The summed E-state index contributed by atoms with van der Waals surface area (Å²) in [5.74, 6) is -1.17. The highest BCUT2D eigenvalue weighted by Crippen LogP contribution is 2.28. The molecule has 0 spiro atoms. The number of hydrogen-bond acceptors (Lipinski definition) is 5. The predicted molar refractivity (Wildman–Crippen MR) is 131 cm³/mol. The van der Waals surface area contributed by atoms with Crippen molar-refractivity contribution < 1.29 is 19.1 Å². The average molecular weight is 485 g/mol. The van der Waals surface area contributed by atoms with E-state index in [2.05, 4.69) is 15.5 Å². The van der Waals surface area contributed by atoms with Gasteiger partial charge in [0.2, 0.25) is 11.8 Å². The minimum atomic E-state index is -0.517. The van der Waals surface area contributed by atoms with Crippen molar-refractivity contribution in [2.45, 2.75) is 12.8 Å². The minimum Gasteiger partial charge on any atom is -0.379 e. The summed E-state index contributed by atoms with van der Waals surface area (Å²) in [7, 11) is 0. The number of nitrogens with zero attached hydrogens (tertiary/aromatic N) is 2. The highest BCUT2D eigenvalue weighted by molar-refractivity contribution is 6.31. The van der Waals surface area contributed by atoms with E-state index in [4.69, 9.17) is 16.3 Å². The van der Waals surface area contributed by atoms with E-state index in [9.17, 15) is 14.4 Å². The lowest BCUT2D eigenvalue weighted by Crippen LogP contribution is -2.38. The zero-order chi connectivity index (χ0) is 23.9. The second kappa shape index (κ2) is 11.5. The molecule has 4 rings (SSSR count). The number of ether oxygens (including phenoxy) is 1. The first-order chi connectivity index (χ1) is 16.5. The standard InChI is InChI=1S/C25H29ClN4O4/c26-19-5-3-6-20(16-19)30-17-18(15-23(30)31)24(32)28-22-8-2-1-7-21(22)25(33)27-9-4-10-29-11-13-34-14-12-29/h1-3,5-8,16,18H,4,9-15,17H2,(H,27,33)(H,28,32)/t18-/m0/s1. The van der Waals surface area contributed by atoms with Crippen LogP contribution in [0, 0.1) is 5.92 Å². The van der Waals surface area contributed by atoms with E-state index in [0.717, 1.165) is 39.3 Å². The molecule has 0 saturated carbocycles. The molecule has 2 aromatic carbocycles. The van der Waals surface area contributed by atoms with Crippen LogP contribution in [-0.2, 0) is 14.3 Å². The Hall–Kier alpha value is -2.94. The molecule has 34 heavy (non-hydrogen) atoms. The van der Waals surface area contributed by atoms with E-state index in [1.165, 1.54) is 0 Å². The van der Waals surface area contributed by atoms with Crippen molar-refractivity contribution in [2.24, 2.45) is 5.92 Å². The molecule has 2 heterocycles. The number of benzene rings is 2. The van der Waals surface area contributed by atoms with Crippen LogP contribution in [0.4, 0.5) is 11.4 Å². The van der Waals surface area contributed by atoms with Crippen LogP contribution in [0.1, 0.15) is 23.2 Å². The normalized spacial score (nSPS) is 18.7. The summed E-state index contributed by atoms with van der Waals surface area (Å²) in [5, 5.41) is 6.32. The maximum absolute atomic E-state index is 13.0. The summed E-state index contributed by atoms with van der Waals surface area (Å²) in [5.41, 5.74) is 1.51. The van der Waals surface area contributed by atoms with Crippen LogP contribution in [0.2, 0.25) is 5.02 Å². The SMILES string of the molecule is O=C(NCCCN1CCOCC1)c1ccccc1NC(=O)[C@H]1CC(=O)N(c2cccc(Cl)c2)C1. The Labute approximate surface area is 204 Å². The molecule has 0 aliphatic carbocycles. The summed E-state index contributed by atoms with van der Waals surface area (Å²) >= 11 is 6.05. The van der Waals surface area contributed by atoms with Gasteiger partial charge in [-0.3, -0.25) is 19.3 Å². The maximum atomic E-state index is 13.0. The van der Waals surface area contributed by atoms with Crippen molar-refractivity contribution in [3.63, 3.8) is 0 Å². The molecule has 8 nitrogen and oxygen atoms in total. The van der Waals surface area contributed by atoms with Crippen molar-refractivity contribution in [3.8, 4) is 0 Å². The average Bonchev–Trinajstić information content (AvgIpc) is 3.24. The van der Waals surface area contributed by atoms with Crippen LogP contribution in [0.3, 0.4) is 0 Å². The lowest BCUT2D eigenvalue weighted by Gasteiger charge is -2.26. The molecule has 2 aliphatic heterocycles. The van der Waals surface area contributed by atoms with Crippen molar-refractivity contribution in [1.29, 1.82) is 0 Å². The second-order valence-corrected chi connectivity index (χ2v) is 8.92. The molecule has 1 atom stereocenters. The minimum absolute atomic E-state index is 0.105. The van der Waals surface area contributed by atoms with Gasteiger partial charge < -0.3 is 20.3 Å². The second-order valence-electron chi connectivity index (χ2n) is 8.48. The monoisotopic (exact) mass is 484 g/mol. The van der Waals surface area contributed by atoms with Gasteiger partial charge in [0.1, 0.15) is 0 Å². The fraction of sp³-hybridized carbons (Fsp3) is 0.400. The van der Waals surface area contributed by atoms with Gasteiger partial charge in [-0.05, 0) is 43.3 Å². The van der Waals surface area contributed by atoms with Crippen LogP contribution in [0.15, 0.2) is 48.5 Å². The van der Waals surface area contributed by atoms with E-state index >= 15 is 0 Å². The molecule has 3 amide bonds. The molecule has 180 valence electrons. The Bertz CT molecular complexity index is 1040. The van der Waals surface area contributed by atoms with E-state index in [-0.39, 0.29) is 30.7 Å². The smallest absolute Gasteiger partial charge is 0.253 e. The van der Waals surface area contributed by atoms with Crippen molar-refractivity contribution in [1.82, 2.24) is 10.2 Å². The van der Waals surface area contributed by atoms with E-state index in [1.807, 2.05) is 0 Å². The number of rotatable bonds is 8. The Balaban J connectivity index is 1.32. The Morgan fingerprint density at radius 3 is 2.68 bits per heavy atom. The number of para-hydroxylation sites is 1. The van der Waals surface area contributed by atoms with Gasteiger partial charge in [0, 0.05) is 43.3 Å². The van der Waals surface area contributed by atoms with Gasteiger partial charge >= 0.3 is 0 Å². The number of hydrogen-bond donors (Lipinski definition) is 2. The predicted octanol–water partition coefficient (Wildman–Crippen LogP) is 2.78. The van der Waals surface area contributed by atoms with E-state index < -0.39 is 5.92 Å². The molecular formula is C25H29ClN4O4. The van der Waals surface area contributed by atoms with Gasteiger partial charge in [-0.15, -0.1) is 0 Å². The third-order valence-corrected chi connectivity index (χ3v) is 6.32. The van der Waals surface area contributed by atoms with Gasteiger partial charge in [0.05, 0.1) is 30.4 Å². The fourth-order valence-corrected chi connectivity index (χ4v) is 4.41. The third kappa shape index (κ3) is 6.14. The first kappa shape index (κ1) is 24.2. The third-order valence-electron chi connectivity index (χ3n) is 6.09. The largest absolute Gasteiger partial charge is 0.379 e. The van der Waals surface area contributed by atoms with Crippen LogP contribution in [0.25, 0.3) is 0 Å². The van der Waals surface area contributed by atoms with E-state index in [0.29, 0.717) is 28.5 Å². The lowest BCUT2D eigenvalue weighted by molar-refractivity contribution is -0.122. The fourth-order valence-electron chi connectivity index (χ4n) is 4.23. The number of morpholine rings is 1. The Morgan fingerprint density at radius 2 is 1.88 bits per heavy atom. The van der Waals surface area contributed by atoms with Crippen molar-refractivity contribution in [3.05, 3.63) is 59.1 Å². The zero-order valence-corrected chi connectivity index (χ0v) is 19.7. The summed E-state index contributed by atoms with van der Waals surface area (Å²) in [6.07, 6.45) is 0.942. The number of halogens is 1. The summed E-state index contributed by atoms with van der Waals surface area (Å²) < 4.78 is 5.35. The molecule has 2 saturated heterocycles. The summed E-state index contributed by atoms with van der Waals surface area (Å²) in [6.45, 7) is 5.06. The van der Waals surface area contributed by atoms with Gasteiger partial charge in [-0.2, -0.15) is 0 Å². The van der Waals surface area contributed by atoms with Gasteiger partial charge in [-0.25, -0.2) is 0 Å². The van der Waals surface area contributed by atoms with Crippen LogP contribution < -0.4 is 15.5 Å². The maximum Gasteiger partial charge on any atom is 0.253 e. The first-order valence-electron chi connectivity index (χ1n) is 11.6. The Kier molecular flexibility index (Phi) is 8.16. The number of carbonyl (C=O) groups is 3. The molecule has 0 bridgehead atoms. The van der Waals surface area contributed by atoms with E-state index in [1.54, 1.807) is 53.4 Å². The van der Waals surface area contributed by atoms with Crippen molar-refractivity contribution >= 4 is 40.7 Å². The highest BCUT2D eigenvalue weighted by atomic mass is 35.5. The molecule has 2 N–H and O–H groups in total. The Morgan fingerprint density at radius 1 is 1.09 bits per heavy atom. The number of nitrogens with one attached hydrogen (secondary N) is 2. The van der Waals surface area contributed by atoms with Crippen LogP contribution in [-0.4, -0.2) is 68.6 Å². The van der Waals surface area contributed by atoms with Crippen LogP contribution >= 0.6 is 11.6 Å². The lowest BCUT2D eigenvalue weighted by atomic mass is 10.1. The summed E-state index contributed by atoms with van der Waals surface area (Å²) in [4.78, 5) is 42.1. The number of amides is 3. The molecule has 0 radical (unpaired) electrons. The molecule has 2 fully saturated rings. The molecule has 9 heteroatoms. The van der Waals surface area contributed by atoms with Gasteiger partial charge in [0.15, 0.2) is 0 Å².